The second-order valence-corrected chi connectivity index (χ2v) is 3.54. The summed E-state index contributed by atoms with van der Waals surface area (Å²) in [6.45, 7) is 0. The van der Waals surface area contributed by atoms with Crippen molar-refractivity contribution in [2.45, 2.75) is 0 Å². The third-order valence-corrected chi connectivity index (χ3v) is 2.27. The molecule has 18 heavy (non-hydrogen) atoms. The molecule has 0 radical (unpaired) electrons. The number of aromatic hydroxyl groups is 1. The smallest absolute Gasteiger partial charge is 0.365 e. The molecular formula is C14H11NO3. The molecule has 0 atom stereocenters. The predicted octanol–water partition coefficient (Wildman–Crippen LogP) is 2.58. The highest BCUT2D eigenvalue weighted by molar-refractivity contribution is 5.90. The number of carbonyl (C=O) groups is 1. The van der Waals surface area contributed by atoms with Crippen molar-refractivity contribution in [2.24, 2.45) is 5.16 Å². The summed E-state index contributed by atoms with van der Waals surface area (Å²) in [5.41, 5.74) is 0.908. The summed E-state index contributed by atoms with van der Waals surface area (Å²) in [6.07, 6.45) is 1.29. The molecule has 0 aliphatic rings. The fourth-order valence-corrected chi connectivity index (χ4v) is 1.35. The number of phenols is 1. The van der Waals surface area contributed by atoms with Crippen molar-refractivity contribution in [1.29, 1.82) is 0 Å². The maximum Gasteiger partial charge on any atom is 0.365 e. The molecule has 90 valence electrons. The lowest BCUT2D eigenvalue weighted by Crippen LogP contribution is -2.00. The Morgan fingerprint density at radius 3 is 2.44 bits per heavy atom. The maximum atomic E-state index is 11.5. The number of para-hydroxylation sites is 1. The van der Waals surface area contributed by atoms with E-state index in [-0.39, 0.29) is 5.75 Å². The molecule has 0 aliphatic heterocycles. The molecule has 0 amide bonds. The van der Waals surface area contributed by atoms with Crippen LogP contribution in [0.2, 0.25) is 0 Å². The summed E-state index contributed by atoms with van der Waals surface area (Å²) in [5.74, 6) is -0.459. The first-order chi connectivity index (χ1) is 8.77. The molecule has 1 N–H and O–H groups in total. The first-order valence-corrected chi connectivity index (χ1v) is 5.35. The molecule has 4 heteroatoms. The van der Waals surface area contributed by atoms with Gasteiger partial charge in [-0.2, -0.15) is 0 Å². The first kappa shape index (κ1) is 11.9. The van der Waals surface area contributed by atoms with E-state index < -0.39 is 5.97 Å². The van der Waals surface area contributed by atoms with Crippen LogP contribution in [0.4, 0.5) is 0 Å². The number of hydrogen-bond acceptors (Lipinski definition) is 4. The Labute approximate surface area is 104 Å². The molecule has 2 aromatic carbocycles. The van der Waals surface area contributed by atoms with Crippen molar-refractivity contribution in [3.63, 3.8) is 0 Å². The average molecular weight is 241 g/mol. The van der Waals surface area contributed by atoms with Gasteiger partial charge < -0.3 is 9.94 Å². The topological polar surface area (TPSA) is 58.9 Å². The maximum absolute atomic E-state index is 11.5. The monoisotopic (exact) mass is 241 g/mol. The minimum absolute atomic E-state index is 0.0806. The zero-order chi connectivity index (χ0) is 12.8. The van der Waals surface area contributed by atoms with E-state index in [9.17, 15) is 9.90 Å². The number of oxime groups is 1. The number of phenolic OH excluding ortho intramolecular Hbond substituents is 1. The highest BCUT2D eigenvalue weighted by atomic mass is 16.7. The first-order valence-electron chi connectivity index (χ1n) is 5.35. The van der Waals surface area contributed by atoms with Crippen LogP contribution >= 0.6 is 0 Å². The van der Waals surface area contributed by atoms with Crippen molar-refractivity contribution < 1.29 is 14.7 Å². The summed E-state index contributed by atoms with van der Waals surface area (Å²) in [4.78, 5) is 16.2. The number of hydrogen-bond donors (Lipinski definition) is 1. The molecule has 0 saturated heterocycles. The van der Waals surface area contributed by atoms with Crippen molar-refractivity contribution in [3.8, 4) is 5.75 Å². The standard InChI is InChI=1S/C14H11NO3/c16-13-9-5-4-8-12(13)10-15-18-14(17)11-6-2-1-3-7-11/h1-10,16H. The highest BCUT2D eigenvalue weighted by Gasteiger charge is 2.04. The van der Waals surface area contributed by atoms with Crippen LogP contribution in [0.1, 0.15) is 15.9 Å². The summed E-state index contributed by atoms with van der Waals surface area (Å²) in [5, 5.41) is 13.0. The fourth-order valence-electron chi connectivity index (χ4n) is 1.35. The van der Waals surface area contributed by atoms with E-state index in [2.05, 4.69) is 5.16 Å². The molecule has 0 bridgehead atoms. The third kappa shape index (κ3) is 2.95. The fraction of sp³-hybridized carbons (Fsp3) is 0. The third-order valence-electron chi connectivity index (χ3n) is 2.27. The van der Waals surface area contributed by atoms with Crippen LogP contribution in [-0.4, -0.2) is 17.3 Å². The Hall–Kier alpha value is -2.62. The highest BCUT2D eigenvalue weighted by Crippen LogP contribution is 2.12. The Morgan fingerprint density at radius 2 is 1.72 bits per heavy atom. The quantitative estimate of drug-likeness (QED) is 0.510. The van der Waals surface area contributed by atoms with Gasteiger partial charge in [0.2, 0.25) is 0 Å². The Bertz CT molecular complexity index is 564. The van der Waals surface area contributed by atoms with Gasteiger partial charge in [-0.3, -0.25) is 0 Å². The number of benzene rings is 2. The van der Waals surface area contributed by atoms with Gasteiger partial charge in [0.25, 0.3) is 0 Å². The van der Waals surface area contributed by atoms with Crippen molar-refractivity contribution in [2.75, 3.05) is 0 Å². The molecule has 0 heterocycles. The molecule has 0 fully saturated rings. The molecule has 4 nitrogen and oxygen atoms in total. The summed E-state index contributed by atoms with van der Waals surface area (Å²) in [7, 11) is 0. The van der Waals surface area contributed by atoms with Crippen LogP contribution in [0.25, 0.3) is 0 Å². The van der Waals surface area contributed by atoms with E-state index in [4.69, 9.17) is 4.84 Å². The van der Waals surface area contributed by atoms with Gasteiger partial charge in [0.05, 0.1) is 11.8 Å². The van der Waals surface area contributed by atoms with Crippen LogP contribution in [-0.2, 0) is 4.84 Å². The number of nitrogens with zero attached hydrogens (tertiary/aromatic N) is 1. The zero-order valence-corrected chi connectivity index (χ0v) is 9.48. The molecular weight excluding hydrogens is 230 g/mol. The van der Waals surface area contributed by atoms with Gasteiger partial charge in [-0.15, -0.1) is 0 Å². The van der Waals surface area contributed by atoms with Gasteiger partial charge in [0.15, 0.2) is 0 Å². The van der Waals surface area contributed by atoms with E-state index in [1.54, 1.807) is 42.5 Å². The second kappa shape index (κ2) is 5.63. The van der Waals surface area contributed by atoms with Crippen LogP contribution in [0.3, 0.4) is 0 Å². The molecule has 2 aromatic rings. The minimum Gasteiger partial charge on any atom is -0.507 e. The summed E-state index contributed by atoms with van der Waals surface area (Å²) >= 11 is 0. The molecule has 0 spiro atoms. The Morgan fingerprint density at radius 1 is 1.06 bits per heavy atom. The Kier molecular flexibility index (Phi) is 3.71. The van der Waals surface area contributed by atoms with Gasteiger partial charge in [-0.05, 0) is 24.3 Å². The van der Waals surface area contributed by atoms with Crippen molar-refractivity contribution in [3.05, 3.63) is 65.7 Å². The minimum atomic E-state index is -0.540. The molecule has 0 aliphatic carbocycles. The lowest BCUT2D eigenvalue weighted by atomic mass is 10.2. The second-order valence-electron chi connectivity index (χ2n) is 3.54. The largest absolute Gasteiger partial charge is 0.507 e. The molecule has 0 unspecified atom stereocenters. The van der Waals surface area contributed by atoms with Gasteiger partial charge in [-0.25, -0.2) is 4.79 Å². The SMILES string of the molecule is O=C(ON=Cc1ccccc1O)c1ccccc1. The van der Waals surface area contributed by atoms with E-state index in [1.165, 1.54) is 12.3 Å². The lowest BCUT2D eigenvalue weighted by Gasteiger charge is -1.98. The normalized spacial score (nSPS) is 10.4. The van der Waals surface area contributed by atoms with Crippen LogP contribution in [0, 0.1) is 0 Å². The van der Waals surface area contributed by atoms with Crippen LogP contribution < -0.4 is 0 Å². The van der Waals surface area contributed by atoms with Crippen LogP contribution in [0.5, 0.6) is 5.75 Å². The van der Waals surface area contributed by atoms with Crippen LogP contribution in [0.15, 0.2) is 59.8 Å². The summed E-state index contributed by atoms with van der Waals surface area (Å²) < 4.78 is 0. The van der Waals surface area contributed by atoms with Gasteiger partial charge in [-0.1, -0.05) is 35.5 Å². The zero-order valence-electron chi connectivity index (χ0n) is 9.48. The van der Waals surface area contributed by atoms with E-state index >= 15 is 0 Å². The Balaban J connectivity index is 2.00. The predicted molar refractivity (Wildman–Crippen MR) is 67.6 cm³/mol. The van der Waals surface area contributed by atoms with Gasteiger partial charge >= 0.3 is 5.97 Å². The van der Waals surface area contributed by atoms with E-state index in [0.717, 1.165) is 0 Å². The number of carbonyl (C=O) groups excluding carboxylic acids is 1. The number of rotatable bonds is 3. The molecule has 0 aromatic heterocycles. The molecule has 2 rings (SSSR count). The average Bonchev–Trinajstić information content (AvgIpc) is 2.42. The van der Waals surface area contributed by atoms with Gasteiger partial charge in [0, 0.05) is 5.56 Å². The lowest BCUT2D eigenvalue weighted by molar-refractivity contribution is 0.0519. The van der Waals surface area contributed by atoms with Crippen molar-refractivity contribution >= 4 is 12.2 Å². The van der Waals surface area contributed by atoms with Crippen molar-refractivity contribution in [1.82, 2.24) is 0 Å². The van der Waals surface area contributed by atoms with E-state index in [0.29, 0.717) is 11.1 Å². The van der Waals surface area contributed by atoms with E-state index in [1.807, 2.05) is 6.07 Å². The van der Waals surface area contributed by atoms with Gasteiger partial charge in [0.1, 0.15) is 5.75 Å². The summed E-state index contributed by atoms with van der Waals surface area (Å²) in [6, 6.07) is 15.2. The molecule has 0 saturated carbocycles.